The van der Waals surface area contributed by atoms with E-state index in [1.807, 2.05) is 36.4 Å². The first-order chi connectivity index (χ1) is 15.0. The van der Waals surface area contributed by atoms with Crippen LogP contribution in [0.4, 0.5) is 10.5 Å². The molecule has 0 saturated carbocycles. The van der Waals surface area contributed by atoms with Crippen LogP contribution in [0.25, 0.3) is 17.0 Å². The van der Waals surface area contributed by atoms with Crippen molar-refractivity contribution in [3.63, 3.8) is 0 Å². The number of carbonyl (C=O) groups excluding carboxylic acids is 2. The second-order valence-electron chi connectivity index (χ2n) is 6.57. The normalized spacial score (nSPS) is 16.0. The molecule has 3 aromatic rings. The zero-order chi connectivity index (χ0) is 21.8. The first kappa shape index (κ1) is 20.9. The highest BCUT2D eigenvalue weighted by Crippen LogP contribution is 2.32. The summed E-state index contributed by atoms with van der Waals surface area (Å²) in [6.45, 7) is 0.267. The minimum Gasteiger partial charge on any atom is -0.453 e. The molecule has 1 fully saturated rings. The van der Waals surface area contributed by atoms with Crippen LogP contribution in [0.5, 0.6) is 0 Å². The van der Waals surface area contributed by atoms with Gasteiger partial charge < -0.3 is 15.4 Å². The number of amides is 2. The molecule has 4 rings (SSSR count). The lowest BCUT2D eigenvalue weighted by Crippen LogP contribution is -2.22. The van der Waals surface area contributed by atoms with E-state index in [1.54, 1.807) is 24.4 Å². The Labute approximate surface area is 187 Å². The van der Waals surface area contributed by atoms with Gasteiger partial charge in [-0.3, -0.25) is 9.78 Å². The van der Waals surface area contributed by atoms with Gasteiger partial charge in [0.05, 0.1) is 28.2 Å². The first-order valence-corrected chi connectivity index (χ1v) is 10.5. The molecule has 0 unspecified atom stereocenters. The molecule has 2 amide bonds. The molecule has 2 aromatic carbocycles. The summed E-state index contributed by atoms with van der Waals surface area (Å²) in [4.78, 5) is 33.0. The second kappa shape index (κ2) is 9.20. The largest absolute Gasteiger partial charge is 0.453 e. The standard InChI is InChI=1S/C22H17ClN4O3S/c1-30-22(29)25-12-14-4-6-16(23)18(10-14)26-21-27-20(28)19(31-21)11-13-5-7-17-15(9-13)3-2-8-24-17/h2-11H,12H2,1H3,(H,25,29)(H,26,27,28). The van der Waals surface area contributed by atoms with Crippen LogP contribution in [-0.2, 0) is 16.1 Å². The maximum atomic E-state index is 12.4. The molecule has 2 N–H and O–H groups in total. The number of alkyl carbamates (subject to hydrolysis) is 1. The molecule has 9 heteroatoms. The van der Waals surface area contributed by atoms with E-state index in [2.05, 4.69) is 25.3 Å². The van der Waals surface area contributed by atoms with Gasteiger partial charge in [0.2, 0.25) is 0 Å². The van der Waals surface area contributed by atoms with E-state index in [4.69, 9.17) is 11.6 Å². The third-order valence-electron chi connectivity index (χ3n) is 4.43. The van der Waals surface area contributed by atoms with Crippen molar-refractivity contribution in [2.75, 3.05) is 7.11 Å². The van der Waals surface area contributed by atoms with Crippen molar-refractivity contribution in [3.05, 3.63) is 75.8 Å². The van der Waals surface area contributed by atoms with Gasteiger partial charge in [0.1, 0.15) is 0 Å². The van der Waals surface area contributed by atoms with Gasteiger partial charge >= 0.3 is 6.09 Å². The number of hydrogen-bond donors (Lipinski definition) is 2. The average molecular weight is 453 g/mol. The third kappa shape index (κ3) is 5.04. The number of halogens is 1. The van der Waals surface area contributed by atoms with Crippen molar-refractivity contribution in [1.82, 2.24) is 15.6 Å². The Bertz CT molecular complexity index is 1240. The van der Waals surface area contributed by atoms with Gasteiger partial charge in [0.25, 0.3) is 5.91 Å². The number of hydrogen-bond acceptors (Lipinski definition) is 6. The monoisotopic (exact) mass is 452 g/mol. The summed E-state index contributed by atoms with van der Waals surface area (Å²) < 4.78 is 4.57. The van der Waals surface area contributed by atoms with Crippen molar-refractivity contribution < 1.29 is 14.3 Å². The fraction of sp³-hybridized carbons (Fsp3) is 0.0909. The van der Waals surface area contributed by atoms with E-state index in [9.17, 15) is 9.59 Å². The van der Waals surface area contributed by atoms with E-state index in [-0.39, 0.29) is 12.5 Å². The molecule has 0 bridgehead atoms. The fourth-order valence-electron chi connectivity index (χ4n) is 2.93. The highest BCUT2D eigenvalue weighted by atomic mass is 35.5. The fourth-order valence-corrected chi connectivity index (χ4v) is 3.92. The molecule has 0 aliphatic carbocycles. The summed E-state index contributed by atoms with van der Waals surface area (Å²) in [5.74, 6) is -0.227. The van der Waals surface area contributed by atoms with Crippen LogP contribution in [0.15, 0.2) is 64.6 Å². The molecule has 156 valence electrons. The van der Waals surface area contributed by atoms with E-state index in [1.165, 1.54) is 18.9 Å². The van der Waals surface area contributed by atoms with Crippen molar-refractivity contribution >= 4 is 63.2 Å². The van der Waals surface area contributed by atoms with Crippen LogP contribution in [0.3, 0.4) is 0 Å². The Morgan fingerprint density at radius 2 is 2.16 bits per heavy atom. The van der Waals surface area contributed by atoms with E-state index >= 15 is 0 Å². The number of nitrogens with zero attached hydrogens (tertiary/aromatic N) is 2. The van der Waals surface area contributed by atoms with E-state index in [0.29, 0.717) is 20.8 Å². The minimum atomic E-state index is -0.527. The molecule has 2 heterocycles. The number of aromatic nitrogens is 1. The zero-order valence-electron chi connectivity index (χ0n) is 16.4. The number of ether oxygens (including phenoxy) is 1. The minimum absolute atomic E-state index is 0.227. The predicted molar refractivity (Wildman–Crippen MR) is 123 cm³/mol. The first-order valence-electron chi connectivity index (χ1n) is 9.26. The van der Waals surface area contributed by atoms with Crippen LogP contribution in [0.1, 0.15) is 11.1 Å². The lowest BCUT2D eigenvalue weighted by molar-refractivity contribution is -0.115. The van der Waals surface area contributed by atoms with Crippen LogP contribution in [0.2, 0.25) is 5.02 Å². The Balaban J connectivity index is 1.54. The van der Waals surface area contributed by atoms with Gasteiger partial charge in [0, 0.05) is 18.1 Å². The Hall–Kier alpha value is -3.36. The molecular weight excluding hydrogens is 436 g/mol. The van der Waals surface area contributed by atoms with Gasteiger partial charge in [-0.1, -0.05) is 29.8 Å². The Morgan fingerprint density at radius 1 is 1.29 bits per heavy atom. The number of carbonyl (C=O) groups is 2. The molecule has 1 aliphatic rings. The van der Waals surface area contributed by atoms with E-state index in [0.717, 1.165) is 22.0 Å². The summed E-state index contributed by atoms with van der Waals surface area (Å²) in [6.07, 6.45) is 3.03. The van der Waals surface area contributed by atoms with Crippen LogP contribution < -0.4 is 10.6 Å². The van der Waals surface area contributed by atoms with Gasteiger partial charge in [-0.25, -0.2) is 9.79 Å². The maximum absolute atomic E-state index is 12.4. The number of rotatable bonds is 4. The second-order valence-corrected chi connectivity index (χ2v) is 8.01. The summed E-state index contributed by atoms with van der Waals surface area (Å²) in [5, 5.41) is 7.22. The number of benzene rings is 2. The van der Waals surface area contributed by atoms with Crippen molar-refractivity contribution in [2.24, 2.45) is 4.99 Å². The summed E-state index contributed by atoms with van der Waals surface area (Å²) >= 11 is 7.50. The van der Waals surface area contributed by atoms with Gasteiger partial charge in [-0.2, -0.15) is 0 Å². The Morgan fingerprint density at radius 3 is 3.00 bits per heavy atom. The smallest absolute Gasteiger partial charge is 0.407 e. The molecule has 1 aliphatic heterocycles. The summed E-state index contributed by atoms with van der Waals surface area (Å²) in [5.41, 5.74) is 3.08. The third-order valence-corrected chi connectivity index (χ3v) is 5.66. The van der Waals surface area contributed by atoms with Gasteiger partial charge in [-0.15, -0.1) is 0 Å². The number of amidine groups is 1. The molecular formula is C22H17ClN4O3S. The number of pyridine rings is 1. The van der Waals surface area contributed by atoms with Crippen molar-refractivity contribution in [1.29, 1.82) is 0 Å². The zero-order valence-corrected chi connectivity index (χ0v) is 18.0. The summed E-state index contributed by atoms with van der Waals surface area (Å²) in [7, 11) is 1.30. The van der Waals surface area contributed by atoms with Crippen LogP contribution in [-0.4, -0.2) is 29.3 Å². The van der Waals surface area contributed by atoms with Gasteiger partial charge in [0.15, 0.2) is 5.17 Å². The molecule has 0 radical (unpaired) electrons. The van der Waals surface area contributed by atoms with Crippen LogP contribution in [0, 0.1) is 0 Å². The lowest BCUT2D eigenvalue weighted by Gasteiger charge is -2.06. The Kier molecular flexibility index (Phi) is 6.20. The lowest BCUT2D eigenvalue weighted by atomic mass is 10.1. The number of methoxy groups -OCH3 is 1. The van der Waals surface area contributed by atoms with Crippen molar-refractivity contribution in [2.45, 2.75) is 6.54 Å². The highest BCUT2D eigenvalue weighted by Gasteiger charge is 2.24. The maximum Gasteiger partial charge on any atom is 0.407 e. The van der Waals surface area contributed by atoms with E-state index < -0.39 is 6.09 Å². The average Bonchev–Trinajstić information content (AvgIpc) is 3.12. The molecule has 0 atom stereocenters. The topological polar surface area (TPSA) is 92.7 Å². The molecule has 7 nitrogen and oxygen atoms in total. The molecule has 0 spiro atoms. The molecule has 1 aromatic heterocycles. The highest BCUT2D eigenvalue weighted by molar-refractivity contribution is 8.18. The quantitative estimate of drug-likeness (QED) is 0.563. The SMILES string of the molecule is COC(=O)NCc1ccc(Cl)c(N=C2NC(=O)C(=Cc3ccc4ncccc4c3)S2)c1. The number of thioether (sulfide) groups is 1. The molecule has 31 heavy (non-hydrogen) atoms. The van der Waals surface area contributed by atoms with Crippen molar-refractivity contribution in [3.8, 4) is 0 Å². The molecule has 1 saturated heterocycles. The number of aliphatic imine (C=N–C) groups is 1. The summed E-state index contributed by atoms with van der Waals surface area (Å²) in [6, 6.07) is 14.9. The predicted octanol–water partition coefficient (Wildman–Crippen LogP) is 4.64. The number of nitrogens with one attached hydrogen (secondary N) is 2. The number of fused-ring (bicyclic) bond motifs is 1. The van der Waals surface area contributed by atoms with Crippen LogP contribution >= 0.6 is 23.4 Å². The van der Waals surface area contributed by atoms with Gasteiger partial charge in [-0.05, 0) is 59.3 Å².